The van der Waals surface area contributed by atoms with Gasteiger partial charge in [0.25, 0.3) is 0 Å². The van der Waals surface area contributed by atoms with Gasteiger partial charge in [-0.25, -0.2) is 0 Å². The topological polar surface area (TPSA) is 32.3 Å². The lowest BCUT2D eigenvalue weighted by Gasteiger charge is -2.25. The molecule has 2 fully saturated rings. The number of carbonyl (C=O) groups excluding carboxylic acids is 1. The van der Waals surface area contributed by atoms with E-state index in [1.807, 2.05) is 17.9 Å². The highest BCUT2D eigenvalue weighted by Gasteiger charge is 2.38. The Hall–Kier alpha value is -1.35. The van der Waals surface area contributed by atoms with E-state index in [4.69, 9.17) is 0 Å². The van der Waals surface area contributed by atoms with Crippen LogP contribution in [0.15, 0.2) is 24.3 Å². The summed E-state index contributed by atoms with van der Waals surface area (Å²) in [6.07, 6.45) is 3.91. The van der Waals surface area contributed by atoms with Crippen molar-refractivity contribution in [1.29, 1.82) is 0 Å². The van der Waals surface area contributed by atoms with Crippen molar-refractivity contribution < 1.29 is 4.79 Å². The smallest absolute Gasteiger partial charge is 0.241 e. The minimum absolute atomic E-state index is 0.0578. The monoisotopic (exact) mass is 258 g/mol. The average Bonchev–Trinajstić information content (AvgIpc) is 3.17. The number of aryl methyl sites for hydroxylation is 1. The molecule has 0 spiro atoms. The Morgan fingerprint density at radius 2 is 2.05 bits per heavy atom. The van der Waals surface area contributed by atoms with Gasteiger partial charge in [-0.05, 0) is 37.3 Å². The van der Waals surface area contributed by atoms with Crippen molar-refractivity contribution in [2.45, 2.75) is 45.3 Å². The second-order valence-electron chi connectivity index (χ2n) is 5.91. The Balaban J connectivity index is 1.81. The van der Waals surface area contributed by atoms with Crippen LogP contribution < -0.4 is 5.32 Å². The first-order chi connectivity index (χ1) is 9.16. The molecule has 1 saturated heterocycles. The fraction of sp³-hybridized carbons (Fsp3) is 0.562. The van der Waals surface area contributed by atoms with Crippen LogP contribution in [-0.4, -0.2) is 23.4 Å². The highest BCUT2D eigenvalue weighted by atomic mass is 16.2. The highest BCUT2D eigenvalue weighted by Crippen LogP contribution is 2.34. The summed E-state index contributed by atoms with van der Waals surface area (Å²) in [7, 11) is 0. The van der Waals surface area contributed by atoms with Crippen LogP contribution >= 0.6 is 0 Å². The minimum Gasteiger partial charge on any atom is -0.322 e. The summed E-state index contributed by atoms with van der Waals surface area (Å²) < 4.78 is 0. The number of hydrogen-bond acceptors (Lipinski definition) is 2. The summed E-state index contributed by atoms with van der Waals surface area (Å²) in [4.78, 5) is 14.3. The number of nitrogens with one attached hydrogen (secondary N) is 1. The molecular formula is C16H22N2O. The Morgan fingerprint density at radius 1 is 1.32 bits per heavy atom. The van der Waals surface area contributed by atoms with Gasteiger partial charge in [-0.15, -0.1) is 0 Å². The van der Waals surface area contributed by atoms with Crippen LogP contribution in [0.5, 0.6) is 0 Å². The normalized spacial score (nSPS) is 27.1. The lowest BCUT2D eigenvalue weighted by molar-refractivity contribution is -0.129. The summed E-state index contributed by atoms with van der Waals surface area (Å²) in [5.74, 6) is 1.11. The first-order valence-corrected chi connectivity index (χ1v) is 7.29. The molecule has 2 unspecified atom stereocenters. The third kappa shape index (κ3) is 2.52. The Morgan fingerprint density at radius 3 is 2.74 bits per heavy atom. The van der Waals surface area contributed by atoms with Gasteiger partial charge in [0.2, 0.25) is 5.91 Å². The zero-order valence-corrected chi connectivity index (χ0v) is 11.7. The molecule has 1 aliphatic carbocycles. The second kappa shape index (κ2) is 4.97. The molecule has 1 heterocycles. The largest absolute Gasteiger partial charge is 0.322 e. The van der Waals surface area contributed by atoms with Gasteiger partial charge in [0.1, 0.15) is 6.17 Å². The fourth-order valence-corrected chi connectivity index (χ4v) is 2.89. The predicted molar refractivity (Wildman–Crippen MR) is 75.6 cm³/mol. The van der Waals surface area contributed by atoms with Crippen molar-refractivity contribution in [1.82, 2.24) is 10.2 Å². The summed E-state index contributed by atoms with van der Waals surface area (Å²) in [5, 5.41) is 3.43. The van der Waals surface area contributed by atoms with Gasteiger partial charge >= 0.3 is 0 Å². The van der Waals surface area contributed by atoms with E-state index in [2.05, 4.69) is 30.4 Å². The lowest BCUT2D eigenvalue weighted by atomic mass is 10.1. The van der Waals surface area contributed by atoms with Gasteiger partial charge in [0, 0.05) is 6.54 Å². The third-order valence-electron chi connectivity index (χ3n) is 4.33. The maximum Gasteiger partial charge on any atom is 0.241 e. The number of benzene rings is 1. The molecule has 0 aromatic heterocycles. The van der Waals surface area contributed by atoms with E-state index >= 15 is 0 Å². The van der Waals surface area contributed by atoms with Gasteiger partial charge in [-0.3, -0.25) is 10.1 Å². The van der Waals surface area contributed by atoms with Crippen LogP contribution in [0.1, 0.15) is 43.5 Å². The van der Waals surface area contributed by atoms with Gasteiger partial charge in [0.15, 0.2) is 0 Å². The van der Waals surface area contributed by atoms with Crippen molar-refractivity contribution in [2.75, 3.05) is 6.54 Å². The maximum atomic E-state index is 12.3. The zero-order chi connectivity index (χ0) is 13.4. The summed E-state index contributed by atoms with van der Waals surface area (Å²) in [5.41, 5.74) is 2.48. The van der Waals surface area contributed by atoms with E-state index in [9.17, 15) is 4.79 Å². The van der Waals surface area contributed by atoms with Gasteiger partial charge in [0.05, 0.1) is 6.04 Å². The van der Waals surface area contributed by atoms with Gasteiger partial charge in [-0.1, -0.05) is 37.1 Å². The predicted octanol–water partition coefficient (Wildman–Crippen LogP) is 2.61. The van der Waals surface area contributed by atoms with Crippen LogP contribution in [0.2, 0.25) is 0 Å². The summed E-state index contributed by atoms with van der Waals surface area (Å²) in [6.45, 7) is 4.97. The van der Waals surface area contributed by atoms with Crippen LogP contribution in [-0.2, 0) is 4.79 Å². The molecule has 3 nitrogen and oxygen atoms in total. The zero-order valence-electron chi connectivity index (χ0n) is 11.7. The van der Waals surface area contributed by atoms with Crippen molar-refractivity contribution in [2.24, 2.45) is 5.92 Å². The van der Waals surface area contributed by atoms with Crippen LogP contribution in [0.3, 0.4) is 0 Å². The molecule has 2 atom stereocenters. The van der Waals surface area contributed by atoms with Gasteiger partial charge < -0.3 is 4.90 Å². The molecule has 0 radical (unpaired) electrons. The quantitative estimate of drug-likeness (QED) is 0.900. The molecule has 2 aliphatic rings. The number of nitrogens with zero attached hydrogens (tertiary/aromatic N) is 1. The molecule has 0 bridgehead atoms. The molecule has 1 amide bonds. The van der Waals surface area contributed by atoms with Crippen molar-refractivity contribution in [3.8, 4) is 0 Å². The van der Waals surface area contributed by atoms with Crippen molar-refractivity contribution in [3.05, 3.63) is 35.4 Å². The number of rotatable bonds is 4. The minimum atomic E-state index is -0.0659. The van der Waals surface area contributed by atoms with Crippen LogP contribution in [0.25, 0.3) is 0 Å². The Labute approximate surface area is 115 Å². The summed E-state index contributed by atoms with van der Waals surface area (Å²) >= 11 is 0. The second-order valence-corrected chi connectivity index (χ2v) is 5.91. The highest BCUT2D eigenvalue weighted by molar-refractivity contribution is 5.84. The molecule has 102 valence electrons. The third-order valence-corrected chi connectivity index (χ3v) is 4.33. The molecule has 1 aliphatic heterocycles. The Bertz CT molecular complexity index is 481. The molecular weight excluding hydrogens is 236 g/mol. The summed E-state index contributed by atoms with van der Waals surface area (Å²) in [6, 6.07) is 8.28. The number of carbonyl (C=O) groups is 1. The van der Waals surface area contributed by atoms with Crippen molar-refractivity contribution in [3.63, 3.8) is 0 Å². The average molecular weight is 258 g/mol. The van der Waals surface area contributed by atoms with E-state index < -0.39 is 0 Å². The van der Waals surface area contributed by atoms with Crippen LogP contribution in [0.4, 0.5) is 0 Å². The SMILES string of the molecule is Cc1ccccc1C1NC(C)C(=O)N1CCC1CC1. The van der Waals surface area contributed by atoms with Crippen LogP contribution in [0, 0.1) is 12.8 Å². The molecule has 1 saturated carbocycles. The molecule has 19 heavy (non-hydrogen) atoms. The van der Waals surface area contributed by atoms with E-state index in [0.29, 0.717) is 0 Å². The van der Waals surface area contributed by atoms with E-state index in [-0.39, 0.29) is 18.1 Å². The fourth-order valence-electron chi connectivity index (χ4n) is 2.89. The first kappa shape index (κ1) is 12.7. The number of hydrogen-bond donors (Lipinski definition) is 1. The van der Waals surface area contributed by atoms with E-state index in [1.54, 1.807) is 0 Å². The standard InChI is InChI=1S/C16H22N2O/c1-11-5-3-4-6-14(11)15-17-12(2)16(19)18(15)10-9-13-7-8-13/h3-6,12-13,15,17H,7-10H2,1-2H3. The Kier molecular flexibility index (Phi) is 3.31. The molecule has 1 aromatic carbocycles. The molecule has 3 rings (SSSR count). The van der Waals surface area contributed by atoms with E-state index in [0.717, 1.165) is 18.9 Å². The number of amides is 1. The molecule has 1 aromatic rings. The van der Waals surface area contributed by atoms with Crippen molar-refractivity contribution >= 4 is 5.91 Å². The molecule has 1 N–H and O–H groups in total. The maximum absolute atomic E-state index is 12.3. The van der Waals surface area contributed by atoms with Gasteiger partial charge in [-0.2, -0.15) is 0 Å². The lowest BCUT2D eigenvalue weighted by Crippen LogP contribution is -2.32. The molecule has 3 heteroatoms. The van der Waals surface area contributed by atoms with E-state index in [1.165, 1.54) is 24.0 Å². The first-order valence-electron chi connectivity index (χ1n) is 7.29.